The van der Waals surface area contributed by atoms with E-state index in [0.29, 0.717) is 27.9 Å². The summed E-state index contributed by atoms with van der Waals surface area (Å²) >= 11 is 12.5. The van der Waals surface area contributed by atoms with Crippen molar-refractivity contribution in [2.75, 3.05) is 24.5 Å². The Morgan fingerprint density at radius 2 is 1.51 bits per heavy atom. The smallest absolute Gasteiger partial charge is 0.264 e. The van der Waals surface area contributed by atoms with Crippen LogP contribution in [-0.2, 0) is 32.6 Å². The van der Waals surface area contributed by atoms with Gasteiger partial charge in [0.25, 0.3) is 10.0 Å². The average Bonchev–Trinajstić information content (AvgIpc) is 3.06. The van der Waals surface area contributed by atoms with Gasteiger partial charge in [-0.2, -0.15) is 0 Å². The van der Waals surface area contributed by atoms with Crippen molar-refractivity contribution in [1.82, 2.24) is 10.2 Å². The first-order chi connectivity index (χ1) is 22.4. The Labute approximate surface area is 287 Å². The number of hydrogen-bond donors (Lipinski definition) is 1. The highest BCUT2D eigenvalue weighted by Gasteiger charge is 2.34. The molecule has 0 aliphatic heterocycles. The maximum absolute atomic E-state index is 14.6. The van der Waals surface area contributed by atoms with Gasteiger partial charge in [0.05, 0.1) is 27.7 Å². The van der Waals surface area contributed by atoms with Gasteiger partial charge in [-0.3, -0.25) is 13.9 Å². The van der Waals surface area contributed by atoms with E-state index in [1.807, 2.05) is 51.1 Å². The van der Waals surface area contributed by atoms with Crippen LogP contribution >= 0.6 is 23.2 Å². The van der Waals surface area contributed by atoms with E-state index in [9.17, 15) is 18.0 Å². The van der Waals surface area contributed by atoms with Gasteiger partial charge in [0, 0.05) is 19.5 Å². The number of rotatable bonds is 14. The van der Waals surface area contributed by atoms with Crippen LogP contribution in [0.5, 0.6) is 5.75 Å². The number of nitrogens with zero attached hydrogens (tertiary/aromatic N) is 2. The standard InChI is InChI=1S/C36H39Cl2N3O5S/c1-25(2)22-39-36(43)34(21-27-8-6-5-7-9-27)40(23-28-12-19-32(37)33(38)20-28)35(42)24-41(29-13-15-30(46-4)16-14-29)47(44,45)31-17-10-26(3)11-18-31/h5-20,25,34H,21-24H2,1-4H3,(H,39,43). The van der Waals surface area contributed by atoms with Gasteiger partial charge < -0.3 is 15.0 Å². The number of carbonyl (C=O) groups is 2. The molecule has 0 heterocycles. The average molecular weight is 697 g/mol. The van der Waals surface area contributed by atoms with E-state index in [2.05, 4.69) is 5.32 Å². The van der Waals surface area contributed by atoms with Gasteiger partial charge >= 0.3 is 0 Å². The van der Waals surface area contributed by atoms with E-state index in [-0.39, 0.29) is 35.4 Å². The Kier molecular flexibility index (Phi) is 12.3. The van der Waals surface area contributed by atoms with Crippen LogP contribution in [0.2, 0.25) is 10.0 Å². The van der Waals surface area contributed by atoms with E-state index in [0.717, 1.165) is 15.4 Å². The Morgan fingerprint density at radius 1 is 0.851 bits per heavy atom. The highest BCUT2D eigenvalue weighted by molar-refractivity contribution is 7.92. The molecule has 47 heavy (non-hydrogen) atoms. The summed E-state index contributed by atoms with van der Waals surface area (Å²) < 4.78 is 34.7. The van der Waals surface area contributed by atoms with Crippen molar-refractivity contribution in [3.8, 4) is 5.75 Å². The zero-order valence-corrected chi connectivity index (χ0v) is 29.1. The molecule has 1 unspecified atom stereocenters. The number of ether oxygens (including phenoxy) is 1. The molecule has 2 amide bonds. The van der Waals surface area contributed by atoms with Gasteiger partial charge in [-0.05, 0) is 72.5 Å². The summed E-state index contributed by atoms with van der Waals surface area (Å²) in [5, 5.41) is 3.62. The molecule has 1 N–H and O–H groups in total. The lowest BCUT2D eigenvalue weighted by atomic mass is 10.0. The van der Waals surface area contributed by atoms with Crippen LogP contribution in [0.1, 0.15) is 30.5 Å². The number of hydrogen-bond acceptors (Lipinski definition) is 5. The molecule has 4 rings (SSSR count). The molecule has 4 aromatic rings. The lowest BCUT2D eigenvalue weighted by molar-refractivity contribution is -0.140. The number of benzene rings is 4. The first-order valence-electron chi connectivity index (χ1n) is 15.2. The number of aryl methyl sites for hydroxylation is 1. The third-order valence-corrected chi connectivity index (χ3v) is 10.1. The van der Waals surface area contributed by atoms with Crippen molar-refractivity contribution in [2.24, 2.45) is 5.92 Å². The number of amides is 2. The van der Waals surface area contributed by atoms with Crippen LogP contribution in [0.3, 0.4) is 0 Å². The van der Waals surface area contributed by atoms with Crippen molar-refractivity contribution >= 4 is 50.7 Å². The molecule has 0 saturated carbocycles. The Morgan fingerprint density at radius 3 is 2.11 bits per heavy atom. The van der Waals surface area contributed by atoms with Crippen molar-refractivity contribution < 1.29 is 22.7 Å². The summed E-state index contributed by atoms with van der Waals surface area (Å²) in [6.45, 7) is 5.62. The lowest BCUT2D eigenvalue weighted by Gasteiger charge is -2.34. The Bertz CT molecular complexity index is 1770. The van der Waals surface area contributed by atoms with Crippen molar-refractivity contribution in [2.45, 2.75) is 44.7 Å². The normalized spacial score (nSPS) is 12.0. The minimum Gasteiger partial charge on any atom is -0.497 e. The zero-order chi connectivity index (χ0) is 34.1. The molecular formula is C36H39Cl2N3O5S. The van der Waals surface area contributed by atoms with E-state index in [1.165, 1.54) is 24.1 Å². The maximum Gasteiger partial charge on any atom is 0.264 e. The van der Waals surface area contributed by atoms with Crippen LogP contribution < -0.4 is 14.4 Å². The van der Waals surface area contributed by atoms with E-state index >= 15 is 0 Å². The topological polar surface area (TPSA) is 96.0 Å². The minimum absolute atomic E-state index is 0.0245. The van der Waals surface area contributed by atoms with Crippen LogP contribution in [0.25, 0.3) is 0 Å². The highest BCUT2D eigenvalue weighted by atomic mass is 35.5. The molecule has 0 fully saturated rings. The number of halogens is 2. The molecule has 1 atom stereocenters. The van der Waals surface area contributed by atoms with E-state index in [1.54, 1.807) is 54.6 Å². The monoisotopic (exact) mass is 695 g/mol. The molecule has 4 aromatic carbocycles. The summed E-state index contributed by atoms with van der Waals surface area (Å²) in [5.74, 6) is -0.240. The fourth-order valence-corrected chi connectivity index (χ4v) is 6.66. The summed E-state index contributed by atoms with van der Waals surface area (Å²) in [7, 11) is -2.71. The second-order valence-electron chi connectivity index (χ2n) is 11.6. The second kappa shape index (κ2) is 16.2. The number of methoxy groups -OCH3 is 1. The largest absolute Gasteiger partial charge is 0.497 e. The lowest BCUT2D eigenvalue weighted by Crippen LogP contribution is -2.53. The van der Waals surface area contributed by atoms with Crippen LogP contribution in [0.4, 0.5) is 5.69 Å². The van der Waals surface area contributed by atoms with Crippen LogP contribution in [0.15, 0.2) is 102 Å². The van der Waals surface area contributed by atoms with Gasteiger partial charge in [0.2, 0.25) is 11.8 Å². The minimum atomic E-state index is -4.22. The first kappa shape index (κ1) is 35.8. The molecule has 0 aliphatic rings. The summed E-state index contributed by atoms with van der Waals surface area (Å²) in [6, 6.07) is 26.2. The molecule has 248 valence electrons. The molecule has 0 saturated heterocycles. The Hall–Kier alpha value is -4.05. The molecule has 0 radical (unpaired) electrons. The van der Waals surface area contributed by atoms with Crippen molar-refractivity contribution in [3.05, 3.63) is 124 Å². The number of carbonyl (C=O) groups excluding carboxylic acids is 2. The summed E-state index contributed by atoms with van der Waals surface area (Å²) in [6.07, 6.45) is 0.199. The molecular weight excluding hydrogens is 657 g/mol. The second-order valence-corrected chi connectivity index (χ2v) is 14.3. The zero-order valence-electron chi connectivity index (χ0n) is 26.8. The first-order valence-corrected chi connectivity index (χ1v) is 17.4. The van der Waals surface area contributed by atoms with Gasteiger partial charge in [-0.25, -0.2) is 8.42 Å². The molecule has 8 nitrogen and oxygen atoms in total. The van der Waals surface area contributed by atoms with Crippen LogP contribution in [0, 0.1) is 12.8 Å². The fraction of sp³-hybridized carbons (Fsp3) is 0.278. The predicted molar refractivity (Wildman–Crippen MR) is 187 cm³/mol. The molecule has 0 aromatic heterocycles. The number of nitrogens with one attached hydrogen (secondary N) is 1. The molecule has 0 aliphatic carbocycles. The van der Waals surface area contributed by atoms with Gasteiger partial charge in [0.1, 0.15) is 18.3 Å². The molecule has 0 spiro atoms. The summed E-state index contributed by atoms with van der Waals surface area (Å²) in [4.78, 5) is 29.9. The van der Waals surface area contributed by atoms with Gasteiger partial charge in [-0.1, -0.05) is 91.1 Å². The van der Waals surface area contributed by atoms with E-state index in [4.69, 9.17) is 27.9 Å². The quantitative estimate of drug-likeness (QED) is 0.155. The third kappa shape index (κ3) is 9.50. The maximum atomic E-state index is 14.6. The van der Waals surface area contributed by atoms with Crippen molar-refractivity contribution in [1.29, 1.82) is 0 Å². The number of anilines is 1. The molecule has 0 bridgehead atoms. The van der Waals surface area contributed by atoms with Gasteiger partial charge in [-0.15, -0.1) is 0 Å². The SMILES string of the molecule is COc1ccc(N(CC(=O)N(Cc2ccc(Cl)c(Cl)c2)C(Cc2ccccc2)C(=O)NCC(C)C)S(=O)(=O)c2ccc(C)cc2)cc1. The van der Waals surface area contributed by atoms with Crippen LogP contribution in [-0.4, -0.2) is 51.4 Å². The van der Waals surface area contributed by atoms with E-state index < -0.39 is 28.5 Å². The molecule has 11 heteroatoms. The summed E-state index contributed by atoms with van der Waals surface area (Å²) in [5.41, 5.74) is 2.61. The number of sulfonamides is 1. The Balaban J connectivity index is 1.81. The predicted octanol–water partition coefficient (Wildman–Crippen LogP) is 6.92. The van der Waals surface area contributed by atoms with Gasteiger partial charge in [0.15, 0.2) is 0 Å². The fourth-order valence-electron chi connectivity index (χ4n) is 4.93. The highest BCUT2D eigenvalue weighted by Crippen LogP contribution is 2.28. The third-order valence-electron chi connectivity index (χ3n) is 7.54. The van der Waals surface area contributed by atoms with Crippen molar-refractivity contribution in [3.63, 3.8) is 0 Å².